The number of hydrazone groups is 1. The number of hydrogen-bond acceptors (Lipinski definition) is 5. The van der Waals surface area contributed by atoms with Crippen LogP contribution in [0.1, 0.15) is 6.92 Å². The molecule has 2 heterocycles. The highest BCUT2D eigenvalue weighted by atomic mass is 16.1. The van der Waals surface area contributed by atoms with Crippen LogP contribution in [0.5, 0.6) is 0 Å². The Balaban J connectivity index is 2.45. The third-order valence-corrected chi connectivity index (χ3v) is 2.16. The molecule has 0 bridgehead atoms. The minimum atomic E-state index is 0.353. The third-order valence-electron chi connectivity index (χ3n) is 2.16. The summed E-state index contributed by atoms with van der Waals surface area (Å²) < 4.78 is 0. The number of rotatable bonds is 4. The van der Waals surface area contributed by atoms with Crippen LogP contribution in [0.25, 0.3) is 0 Å². The molecule has 2 aromatic rings. The molecule has 0 atom stereocenters. The van der Waals surface area contributed by atoms with E-state index < -0.39 is 0 Å². The van der Waals surface area contributed by atoms with E-state index in [1.807, 2.05) is 24.3 Å². The van der Waals surface area contributed by atoms with Gasteiger partial charge < -0.3 is 0 Å². The molecule has 0 saturated carbocycles. The maximum absolute atomic E-state index is 10.7. The second-order valence-corrected chi connectivity index (χ2v) is 3.55. The summed E-state index contributed by atoms with van der Waals surface area (Å²) in [5.41, 5.74) is 0.353. The second kappa shape index (κ2) is 5.67. The first-order chi connectivity index (χ1) is 8.81. The molecule has 0 fully saturated rings. The number of aromatic nitrogens is 2. The first-order valence-electron chi connectivity index (χ1n) is 5.44. The molecule has 0 aliphatic heterocycles. The van der Waals surface area contributed by atoms with E-state index in [0.717, 1.165) is 0 Å². The standard InChI is InChI=1S/C13H12N4O/c1-11(10-18)16-17(12-6-2-4-8-14-12)13-7-3-5-9-15-13/h2-10H,1H3. The Labute approximate surface area is 105 Å². The molecule has 0 amide bonds. The number of hydrogen-bond donors (Lipinski definition) is 0. The number of nitrogens with zero attached hydrogens (tertiary/aromatic N) is 4. The van der Waals surface area contributed by atoms with Gasteiger partial charge in [-0.05, 0) is 31.2 Å². The molecule has 18 heavy (non-hydrogen) atoms. The summed E-state index contributed by atoms with van der Waals surface area (Å²) in [5.74, 6) is 1.22. The minimum absolute atomic E-state index is 0.353. The Morgan fingerprint density at radius 2 is 1.67 bits per heavy atom. The number of carbonyl (C=O) groups is 1. The van der Waals surface area contributed by atoms with Gasteiger partial charge in [-0.1, -0.05) is 12.1 Å². The molecule has 0 aliphatic carbocycles. The number of aldehydes is 1. The average Bonchev–Trinajstić information content (AvgIpc) is 2.46. The molecule has 0 spiro atoms. The summed E-state index contributed by atoms with van der Waals surface area (Å²) in [6.45, 7) is 1.63. The lowest BCUT2D eigenvalue weighted by atomic mass is 10.4. The Morgan fingerprint density at radius 3 is 2.06 bits per heavy atom. The van der Waals surface area contributed by atoms with Gasteiger partial charge in [-0.2, -0.15) is 10.1 Å². The maximum Gasteiger partial charge on any atom is 0.165 e. The lowest BCUT2D eigenvalue weighted by molar-refractivity contribution is -0.102. The maximum atomic E-state index is 10.7. The van der Waals surface area contributed by atoms with E-state index in [-0.39, 0.29) is 0 Å². The fourth-order valence-electron chi connectivity index (χ4n) is 1.36. The first-order valence-corrected chi connectivity index (χ1v) is 5.44. The van der Waals surface area contributed by atoms with Crippen LogP contribution in [0.3, 0.4) is 0 Å². The van der Waals surface area contributed by atoms with Gasteiger partial charge in [0, 0.05) is 12.4 Å². The molecule has 0 aromatic carbocycles. The fraction of sp³-hybridized carbons (Fsp3) is 0.0769. The van der Waals surface area contributed by atoms with Gasteiger partial charge in [0.2, 0.25) is 0 Å². The van der Waals surface area contributed by atoms with Crippen molar-refractivity contribution in [2.75, 3.05) is 5.01 Å². The summed E-state index contributed by atoms with van der Waals surface area (Å²) in [7, 11) is 0. The predicted octanol–water partition coefficient (Wildman–Crippen LogP) is 2.19. The smallest absolute Gasteiger partial charge is 0.165 e. The van der Waals surface area contributed by atoms with Gasteiger partial charge in [-0.15, -0.1) is 0 Å². The van der Waals surface area contributed by atoms with Gasteiger partial charge in [0.05, 0.1) is 5.71 Å². The molecule has 0 radical (unpaired) electrons. The summed E-state index contributed by atoms with van der Waals surface area (Å²) in [4.78, 5) is 19.1. The molecule has 0 unspecified atom stereocenters. The molecular weight excluding hydrogens is 228 g/mol. The van der Waals surface area contributed by atoms with Crippen LogP contribution in [0, 0.1) is 0 Å². The summed E-state index contributed by atoms with van der Waals surface area (Å²) in [5, 5.41) is 5.72. The van der Waals surface area contributed by atoms with Crippen molar-refractivity contribution in [3.05, 3.63) is 48.8 Å². The van der Waals surface area contributed by atoms with Gasteiger partial charge >= 0.3 is 0 Å². The van der Waals surface area contributed by atoms with Crippen molar-refractivity contribution in [2.45, 2.75) is 6.92 Å². The molecule has 0 saturated heterocycles. The largest absolute Gasteiger partial charge is 0.296 e. The van der Waals surface area contributed by atoms with Crippen LogP contribution in [0.2, 0.25) is 0 Å². The van der Waals surface area contributed by atoms with Crippen molar-refractivity contribution in [1.82, 2.24) is 9.97 Å². The van der Waals surface area contributed by atoms with Crippen molar-refractivity contribution in [2.24, 2.45) is 5.10 Å². The van der Waals surface area contributed by atoms with Crippen LogP contribution < -0.4 is 5.01 Å². The number of anilines is 2. The average molecular weight is 240 g/mol. The van der Waals surface area contributed by atoms with E-state index >= 15 is 0 Å². The van der Waals surface area contributed by atoms with E-state index in [9.17, 15) is 4.79 Å². The highest BCUT2D eigenvalue weighted by Gasteiger charge is 2.10. The SMILES string of the molecule is CC(C=O)=NN(c1ccccn1)c1ccccn1. The zero-order chi connectivity index (χ0) is 12.8. The Kier molecular flexibility index (Phi) is 3.76. The van der Waals surface area contributed by atoms with Crippen LogP contribution in [-0.2, 0) is 4.79 Å². The van der Waals surface area contributed by atoms with Crippen LogP contribution in [0.15, 0.2) is 53.9 Å². The van der Waals surface area contributed by atoms with Gasteiger partial charge in [-0.25, -0.2) is 9.97 Å². The number of pyridine rings is 2. The molecule has 90 valence electrons. The molecular formula is C13H12N4O. The minimum Gasteiger partial charge on any atom is -0.296 e. The molecule has 2 rings (SSSR count). The Morgan fingerprint density at radius 1 is 1.11 bits per heavy atom. The second-order valence-electron chi connectivity index (χ2n) is 3.55. The van der Waals surface area contributed by atoms with E-state index in [1.165, 1.54) is 5.01 Å². The van der Waals surface area contributed by atoms with E-state index in [0.29, 0.717) is 23.6 Å². The monoisotopic (exact) mass is 240 g/mol. The van der Waals surface area contributed by atoms with Crippen molar-refractivity contribution in [1.29, 1.82) is 0 Å². The van der Waals surface area contributed by atoms with Crippen molar-refractivity contribution >= 4 is 23.6 Å². The van der Waals surface area contributed by atoms with Gasteiger partial charge in [0.25, 0.3) is 0 Å². The van der Waals surface area contributed by atoms with Gasteiger partial charge in [0.15, 0.2) is 17.9 Å². The van der Waals surface area contributed by atoms with Crippen LogP contribution in [0.4, 0.5) is 11.6 Å². The third kappa shape index (κ3) is 2.76. The Bertz CT molecular complexity index is 500. The molecule has 5 heteroatoms. The lowest BCUT2D eigenvalue weighted by Gasteiger charge is -2.16. The van der Waals surface area contributed by atoms with Gasteiger partial charge in [0.1, 0.15) is 0 Å². The number of carbonyl (C=O) groups excluding carboxylic acids is 1. The fourth-order valence-corrected chi connectivity index (χ4v) is 1.36. The van der Waals surface area contributed by atoms with Crippen molar-refractivity contribution in [3.8, 4) is 0 Å². The summed E-state index contributed by atoms with van der Waals surface area (Å²) >= 11 is 0. The first kappa shape index (κ1) is 11.9. The molecule has 0 aliphatic rings. The van der Waals surface area contributed by atoms with Crippen molar-refractivity contribution in [3.63, 3.8) is 0 Å². The molecule has 2 aromatic heterocycles. The zero-order valence-electron chi connectivity index (χ0n) is 9.89. The summed E-state index contributed by atoms with van der Waals surface area (Å²) in [6, 6.07) is 10.9. The van der Waals surface area contributed by atoms with Crippen LogP contribution >= 0.6 is 0 Å². The predicted molar refractivity (Wildman–Crippen MR) is 69.8 cm³/mol. The van der Waals surface area contributed by atoms with Gasteiger partial charge in [-0.3, -0.25) is 4.79 Å². The lowest BCUT2D eigenvalue weighted by Crippen LogP contribution is -2.14. The topological polar surface area (TPSA) is 58.5 Å². The molecule has 5 nitrogen and oxygen atoms in total. The van der Waals surface area contributed by atoms with Crippen molar-refractivity contribution < 1.29 is 4.79 Å². The van der Waals surface area contributed by atoms with Crippen LogP contribution in [-0.4, -0.2) is 22.0 Å². The highest BCUT2D eigenvalue weighted by molar-refractivity contribution is 6.27. The van der Waals surface area contributed by atoms with E-state index in [4.69, 9.17) is 0 Å². The molecule has 0 N–H and O–H groups in total. The van der Waals surface area contributed by atoms with E-state index in [1.54, 1.807) is 31.5 Å². The van der Waals surface area contributed by atoms with E-state index in [2.05, 4.69) is 15.1 Å². The zero-order valence-corrected chi connectivity index (χ0v) is 9.89. The summed E-state index contributed by atoms with van der Waals surface area (Å²) in [6.07, 6.45) is 4.02. The highest BCUT2D eigenvalue weighted by Crippen LogP contribution is 2.20. The quantitative estimate of drug-likeness (QED) is 0.467. The Hall–Kier alpha value is -2.56. The normalized spacial score (nSPS) is 11.1.